The molecule has 2 aromatic carbocycles. The maximum atomic E-state index is 12.3. The predicted molar refractivity (Wildman–Crippen MR) is 79.4 cm³/mol. The highest BCUT2D eigenvalue weighted by Gasteiger charge is 2.18. The summed E-state index contributed by atoms with van der Waals surface area (Å²) in [4.78, 5) is 0.0267. The molecule has 0 saturated carbocycles. The fourth-order valence-electron chi connectivity index (χ4n) is 1.73. The van der Waals surface area contributed by atoms with Gasteiger partial charge in [-0.15, -0.1) is 0 Å². The molecule has 0 bridgehead atoms. The molecule has 0 atom stereocenters. The van der Waals surface area contributed by atoms with Crippen LogP contribution < -0.4 is 15.2 Å². The molecule has 106 valence electrons. The van der Waals surface area contributed by atoms with Crippen LogP contribution in [0.3, 0.4) is 0 Å². The van der Waals surface area contributed by atoms with E-state index in [0.29, 0.717) is 11.4 Å². The number of benzene rings is 2. The lowest BCUT2D eigenvalue weighted by atomic mass is 10.2. The molecule has 0 aromatic heterocycles. The Morgan fingerprint density at radius 2 is 1.75 bits per heavy atom. The van der Waals surface area contributed by atoms with Crippen LogP contribution in [-0.2, 0) is 10.0 Å². The van der Waals surface area contributed by atoms with Gasteiger partial charge in [-0.3, -0.25) is 4.72 Å². The maximum Gasteiger partial charge on any atom is 0.263 e. The first-order valence-corrected chi connectivity index (χ1v) is 7.44. The monoisotopic (exact) mass is 292 g/mol. The highest BCUT2D eigenvalue weighted by Crippen LogP contribution is 2.25. The van der Waals surface area contributed by atoms with Gasteiger partial charge in [0.1, 0.15) is 10.6 Å². The van der Waals surface area contributed by atoms with E-state index in [1.165, 1.54) is 19.2 Å². The Kier molecular flexibility index (Phi) is 3.85. The summed E-state index contributed by atoms with van der Waals surface area (Å²) in [5, 5.41) is 0. The summed E-state index contributed by atoms with van der Waals surface area (Å²) < 4.78 is 32.0. The van der Waals surface area contributed by atoms with Crippen LogP contribution in [0.2, 0.25) is 0 Å². The summed E-state index contributed by atoms with van der Waals surface area (Å²) >= 11 is 0. The summed E-state index contributed by atoms with van der Waals surface area (Å²) in [7, 11) is -2.22. The van der Waals surface area contributed by atoms with Gasteiger partial charge in [-0.2, -0.15) is 0 Å². The summed E-state index contributed by atoms with van der Waals surface area (Å²) in [5.74, 6) is 0.511. The van der Waals surface area contributed by atoms with Crippen molar-refractivity contribution < 1.29 is 13.2 Å². The quantitative estimate of drug-likeness (QED) is 0.848. The van der Waals surface area contributed by atoms with Crippen LogP contribution in [-0.4, -0.2) is 15.5 Å². The summed E-state index contributed by atoms with van der Waals surface area (Å²) in [6.45, 7) is 1.93. The lowest BCUT2D eigenvalue weighted by molar-refractivity contribution is 0.414. The van der Waals surface area contributed by atoms with E-state index in [4.69, 9.17) is 10.5 Å². The molecule has 0 aliphatic heterocycles. The molecular weight excluding hydrogens is 276 g/mol. The van der Waals surface area contributed by atoms with E-state index in [-0.39, 0.29) is 10.6 Å². The Balaban J connectivity index is 2.33. The van der Waals surface area contributed by atoms with Crippen molar-refractivity contribution in [1.82, 2.24) is 0 Å². The number of ether oxygens (including phenoxy) is 1. The fourth-order valence-corrected chi connectivity index (χ4v) is 2.90. The first-order chi connectivity index (χ1) is 9.42. The van der Waals surface area contributed by atoms with Crippen LogP contribution >= 0.6 is 0 Å². The molecule has 2 rings (SSSR count). The molecule has 0 heterocycles. The van der Waals surface area contributed by atoms with E-state index in [1.807, 2.05) is 19.1 Å². The Labute approximate surface area is 118 Å². The second-order valence-electron chi connectivity index (χ2n) is 4.38. The predicted octanol–water partition coefficient (Wildman–Crippen LogP) is 2.39. The minimum absolute atomic E-state index is 0.0267. The van der Waals surface area contributed by atoms with Gasteiger partial charge in [0, 0.05) is 11.8 Å². The van der Waals surface area contributed by atoms with E-state index in [9.17, 15) is 8.42 Å². The van der Waals surface area contributed by atoms with Crippen molar-refractivity contribution in [3.63, 3.8) is 0 Å². The smallest absolute Gasteiger partial charge is 0.263 e. The number of aryl methyl sites for hydroxylation is 1. The Hall–Kier alpha value is -2.21. The summed E-state index contributed by atoms with van der Waals surface area (Å²) in [5.41, 5.74) is 7.45. The van der Waals surface area contributed by atoms with Crippen molar-refractivity contribution in [2.75, 3.05) is 17.6 Å². The van der Waals surface area contributed by atoms with Gasteiger partial charge < -0.3 is 10.5 Å². The minimum atomic E-state index is -3.71. The number of hydrogen-bond donors (Lipinski definition) is 2. The van der Waals surface area contributed by atoms with E-state index >= 15 is 0 Å². The molecule has 0 radical (unpaired) electrons. The molecule has 0 fully saturated rings. The van der Waals surface area contributed by atoms with Crippen LogP contribution in [0.4, 0.5) is 11.4 Å². The van der Waals surface area contributed by atoms with Gasteiger partial charge in [0.05, 0.1) is 12.8 Å². The molecule has 6 heteroatoms. The van der Waals surface area contributed by atoms with Crippen molar-refractivity contribution >= 4 is 21.4 Å². The third-order valence-corrected chi connectivity index (χ3v) is 4.27. The van der Waals surface area contributed by atoms with Crippen molar-refractivity contribution in [3.8, 4) is 5.75 Å². The zero-order valence-electron chi connectivity index (χ0n) is 11.3. The molecule has 0 aliphatic rings. The fraction of sp³-hybridized carbons (Fsp3) is 0.143. The molecule has 0 aliphatic carbocycles. The number of rotatable bonds is 4. The second-order valence-corrected chi connectivity index (χ2v) is 6.03. The summed E-state index contributed by atoms with van der Waals surface area (Å²) in [6, 6.07) is 11.5. The number of nitrogens with two attached hydrogens (primary N) is 1. The lowest BCUT2D eigenvalue weighted by Crippen LogP contribution is -2.14. The molecule has 3 N–H and O–H groups in total. The Morgan fingerprint density at radius 1 is 1.10 bits per heavy atom. The van der Waals surface area contributed by atoms with E-state index in [1.54, 1.807) is 18.2 Å². The largest absolute Gasteiger partial charge is 0.497 e. The van der Waals surface area contributed by atoms with E-state index in [2.05, 4.69) is 4.72 Å². The maximum absolute atomic E-state index is 12.3. The Morgan fingerprint density at radius 3 is 2.30 bits per heavy atom. The molecule has 5 nitrogen and oxygen atoms in total. The third-order valence-electron chi connectivity index (χ3n) is 2.81. The number of sulfonamides is 1. The highest BCUT2D eigenvalue weighted by atomic mass is 32.2. The average Bonchev–Trinajstić information content (AvgIpc) is 2.40. The van der Waals surface area contributed by atoms with Crippen LogP contribution in [0, 0.1) is 6.92 Å². The number of anilines is 2. The summed E-state index contributed by atoms with van der Waals surface area (Å²) in [6.07, 6.45) is 0. The van der Waals surface area contributed by atoms with Gasteiger partial charge >= 0.3 is 0 Å². The van der Waals surface area contributed by atoms with E-state index < -0.39 is 10.0 Å². The lowest BCUT2D eigenvalue weighted by Gasteiger charge is -2.11. The van der Waals surface area contributed by atoms with Crippen molar-refractivity contribution in [2.24, 2.45) is 0 Å². The standard InChI is InChI=1S/C14H16N2O3S/c1-10-3-5-11(6-4-10)16-20(17,18)14-8-7-12(19-2)9-13(14)15/h3-9,16H,15H2,1-2H3. The van der Waals surface area contributed by atoms with Crippen molar-refractivity contribution in [1.29, 1.82) is 0 Å². The zero-order valence-corrected chi connectivity index (χ0v) is 12.1. The van der Waals surface area contributed by atoms with Gasteiger partial charge in [0.2, 0.25) is 0 Å². The molecule has 2 aromatic rings. The molecular formula is C14H16N2O3S. The SMILES string of the molecule is COc1ccc(S(=O)(=O)Nc2ccc(C)cc2)c(N)c1. The van der Waals surface area contributed by atoms with Crippen LogP contribution in [0.5, 0.6) is 5.75 Å². The molecule has 0 unspecified atom stereocenters. The van der Waals surface area contributed by atoms with Gasteiger partial charge in [0.15, 0.2) is 0 Å². The van der Waals surface area contributed by atoms with Gasteiger partial charge in [-0.05, 0) is 31.2 Å². The van der Waals surface area contributed by atoms with Gasteiger partial charge in [0.25, 0.3) is 10.0 Å². The number of nitrogen functional groups attached to an aromatic ring is 1. The third kappa shape index (κ3) is 3.03. The first kappa shape index (κ1) is 14.2. The number of nitrogens with one attached hydrogen (secondary N) is 1. The van der Waals surface area contributed by atoms with Gasteiger partial charge in [-0.25, -0.2) is 8.42 Å². The molecule has 0 spiro atoms. The average molecular weight is 292 g/mol. The Bertz CT molecular complexity index is 710. The van der Waals surface area contributed by atoms with Crippen LogP contribution in [0.25, 0.3) is 0 Å². The molecule has 20 heavy (non-hydrogen) atoms. The zero-order chi connectivity index (χ0) is 14.8. The van der Waals surface area contributed by atoms with Gasteiger partial charge in [-0.1, -0.05) is 17.7 Å². The highest BCUT2D eigenvalue weighted by molar-refractivity contribution is 7.92. The van der Waals surface area contributed by atoms with Crippen LogP contribution in [0.1, 0.15) is 5.56 Å². The molecule has 0 saturated heterocycles. The van der Waals surface area contributed by atoms with Crippen LogP contribution in [0.15, 0.2) is 47.4 Å². The second kappa shape index (κ2) is 5.42. The van der Waals surface area contributed by atoms with Crippen molar-refractivity contribution in [3.05, 3.63) is 48.0 Å². The topological polar surface area (TPSA) is 81.4 Å². The number of methoxy groups -OCH3 is 1. The van der Waals surface area contributed by atoms with Crippen molar-refractivity contribution in [2.45, 2.75) is 11.8 Å². The van der Waals surface area contributed by atoms with E-state index in [0.717, 1.165) is 5.56 Å². The minimum Gasteiger partial charge on any atom is -0.497 e. The first-order valence-electron chi connectivity index (χ1n) is 5.95. The molecule has 0 amide bonds. The number of hydrogen-bond acceptors (Lipinski definition) is 4. The normalized spacial score (nSPS) is 11.1.